The van der Waals surface area contributed by atoms with Crippen LogP contribution >= 0.6 is 0 Å². The molecule has 0 bridgehead atoms. The van der Waals surface area contributed by atoms with E-state index in [2.05, 4.69) is 0 Å². The van der Waals surface area contributed by atoms with E-state index in [0.29, 0.717) is 28.4 Å². The van der Waals surface area contributed by atoms with Crippen molar-refractivity contribution in [2.45, 2.75) is 6.42 Å². The molecule has 0 saturated carbocycles. The number of carboxylic acids is 1. The lowest BCUT2D eigenvalue weighted by atomic mass is 10.1. The monoisotopic (exact) mass is 362 g/mol. The minimum Gasteiger partial charge on any atom is -0.485 e. The van der Waals surface area contributed by atoms with Gasteiger partial charge in [0.05, 0.1) is 12.0 Å². The molecule has 0 fully saturated rings. The molecular formula is C22H18O5. The van der Waals surface area contributed by atoms with Crippen LogP contribution in [0.25, 0.3) is 0 Å². The number of hydrogen-bond acceptors (Lipinski definition) is 4. The maximum atomic E-state index is 12.6. The first-order valence-corrected chi connectivity index (χ1v) is 8.41. The highest BCUT2D eigenvalue weighted by Gasteiger charge is 2.15. The molecule has 3 aromatic carbocycles. The lowest BCUT2D eigenvalue weighted by Gasteiger charge is -2.12. The molecule has 3 rings (SSSR count). The smallest absolute Gasteiger partial charge is 0.307 e. The summed E-state index contributed by atoms with van der Waals surface area (Å²) in [6.45, 7) is -0.216. The van der Waals surface area contributed by atoms with Crippen LogP contribution < -0.4 is 9.47 Å². The van der Waals surface area contributed by atoms with Gasteiger partial charge in [0.1, 0.15) is 17.2 Å². The van der Waals surface area contributed by atoms with Crippen molar-refractivity contribution >= 4 is 11.8 Å². The summed E-state index contributed by atoms with van der Waals surface area (Å²) in [5.74, 6) is 0.238. The minimum atomic E-state index is -0.959. The van der Waals surface area contributed by atoms with Crippen molar-refractivity contribution in [3.8, 4) is 17.2 Å². The van der Waals surface area contributed by atoms with E-state index in [1.54, 1.807) is 60.7 Å². The van der Waals surface area contributed by atoms with Gasteiger partial charge in [0.2, 0.25) is 5.78 Å². The van der Waals surface area contributed by atoms with E-state index in [9.17, 15) is 9.59 Å². The van der Waals surface area contributed by atoms with E-state index in [-0.39, 0.29) is 18.8 Å². The van der Waals surface area contributed by atoms with Crippen molar-refractivity contribution in [2.75, 3.05) is 6.61 Å². The van der Waals surface area contributed by atoms with Crippen molar-refractivity contribution in [2.24, 2.45) is 0 Å². The number of ether oxygens (including phenoxy) is 2. The first-order valence-electron chi connectivity index (χ1n) is 8.41. The number of ketones is 1. The van der Waals surface area contributed by atoms with Gasteiger partial charge in [0.25, 0.3) is 0 Å². The zero-order valence-corrected chi connectivity index (χ0v) is 14.5. The summed E-state index contributed by atoms with van der Waals surface area (Å²) in [7, 11) is 0. The molecule has 136 valence electrons. The molecule has 0 atom stereocenters. The Balaban J connectivity index is 1.73. The summed E-state index contributed by atoms with van der Waals surface area (Å²) in [5, 5.41) is 8.98. The van der Waals surface area contributed by atoms with Crippen LogP contribution in [0.15, 0.2) is 78.9 Å². The molecule has 0 saturated heterocycles. The fraction of sp³-hybridized carbons (Fsp3) is 0.0909. The molecule has 27 heavy (non-hydrogen) atoms. The number of carboxylic acid groups (broad SMARTS) is 1. The summed E-state index contributed by atoms with van der Waals surface area (Å²) < 4.78 is 11.4. The van der Waals surface area contributed by atoms with Crippen molar-refractivity contribution in [1.82, 2.24) is 0 Å². The van der Waals surface area contributed by atoms with E-state index in [4.69, 9.17) is 14.6 Å². The van der Waals surface area contributed by atoms with Gasteiger partial charge in [0.15, 0.2) is 6.61 Å². The van der Waals surface area contributed by atoms with Crippen LogP contribution in [0.3, 0.4) is 0 Å². The summed E-state index contributed by atoms with van der Waals surface area (Å²) in [4.78, 5) is 23.6. The molecule has 1 N–H and O–H groups in total. The Kier molecular flexibility index (Phi) is 5.84. The number of carbonyl (C=O) groups excluding carboxylic acids is 1. The normalized spacial score (nSPS) is 10.2. The van der Waals surface area contributed by atoms with Crippen molar-refractivity contribution < 1.29 is 24.2 Å². The molecule has 5 heteroatoms. The zero-order valence-electron chi connectivity index (χ0n) is 14.5. The van der Waals surface area contributed by atoms with E-state index >= 15 is 0 Å². The van der Waals surface area contributed by atoms with Gasteiger partial charge >= 0.3 is 5.97 Å². The van der Waals surface area contributed by atoms with Crippen LogP contribution in [-0.2, 0) is 11.2 Å². The highest BCUT2D eigenvalue weighted by atomic mass is 16.5. The highest BCUT2D eigenvalue weighted by Crippen LogP contribution is 2.26. The van der Waals surface area contributed by atoms with Crippen LogP contribution in [0.5, 0.6) is 17.2 Å². The number of hydrogen-bond donors (Lipinski definition) is 1. The van der Waals surface area contributed by atoms with Gasteiger partial charge in [-0.25, -0.2) is 0 Å². The molecule has 0 amide bonds. The predicted octanol–water partition coefficient (Wildman–Crippen LogP) is 4.37. The number of rotatable bonds is 8. The lowest BCUT2D eigenvalue weighted by molar-refractivity contribution is -0.136. The Bertz CT molecular complexity index is 934. The van der Waals surface area contributed by atoms with Gasteiger partial charge in [0, 0.05) is 5.56 Å². The summed E-state index contributed by atoms with van der Waals surface area (Å²) in [5.41, 5.74) is 0.920. The van der Waals surface area contributed by atoms with Gasteiger partial charge in [-0.05, 0) is 30.3 Å². The van der Waals surface area contributed by atoms with Crippen LogP contribution in [0.1, 0.15) is 15.9 Å². The molecule has 5 nitrogen and oxygen atoms in total. The molecule has 0 unspecified atom stereocenters. The second-order valence-corrected chi connectivity index (χ2v) is 5.80. The van der Waals surface area contributed by atoms with E-state index in [1.165, 1.54) is 0 Å². The number of aliphatic carboxylic acids is 1. The number of para-hydroxylation sites is 3. The third kappa shape index (κ3) is 4.95. The first kappa shape index (κ1) is 18.2. The third-order valence-corrected chi connectivity index (χ3v) is 3.83. The second-order valence-electron chi connectivity index (χ2n) is 5.80. The molecular weight excluding hydrogens is 344 g/mol. The van der Waals surface area contributed by atoms with E-state index in [1.807, 2.05) is 18.2 Å². The van der Waals surface area contributed by atoms with Gasteiger partial charge in [-0.15, -0.1) is 0 Å². The average molecular weight is 362 g/mol. The van der Waals surface area contributed by atoms with Crippen molar-refractivity contribution in [3.63, 3.8) is 0 Å². The zero-order chi connectivity index (χ0) is 19.1. The topological polar surface area (TPSA) is 72.8 Å². The largest absolute Gasteiger partial charge is 0.485 e. The summed E-state index contributed by atoms with van der Waals surface area (Å²) >= 11 is 0. The Morgan fingerprint density at radius 1 is 0.778 bits per heavy atom. The van der Waals surface area contributed by atoms with Crippen molar-refractivity contribution in [3.05, 3.63) is 90.0 Å². The molecule has 0 heterocycles. The maximum Gasteiger partial charge on any atom is 0.307 e. The Hall–Kier alpha value is -3.60. The fourth-order valence-corrected chi connectivity index (χ4v) is 2.58. The van der Waals surface area contributed by atoms with Crippen molar-refractivity contribution in [1.29, 1.82) is 0 Å². The molecule has 0 aromatic heterocycles. The fourth-order valence-electron chi connectivity index (χ4n) is 2.58. The number of carbonyl (C=O) groups is 2. The SMILES string of the molecule is O=C(O)Cc1ccccc1OCC(=O)c1ccccc1Oc1ccccc1. The lowest BCUT2D eigenvalue weighted by Crippen LogP contribution is -2.14. The minimum absolute atomic E-state index is 0.169. The third-order valence-electron chi connectivity index (χ3n) is 3.83. The van der Waals surface area contributed by atoms with Crippen LogP contribution in [0.2, 0.25) is 0 Å². The molecule has 3 aromatic rings. The first-order chi connectivity index (χ1) is 13.1. The highest BCUT2D eigenvalue weighted by molar-refractivity contribution is 5.99. The summed E-state index contributed by atoms with van der Waals surface area (Å²) in [6.07, 6.45) is -0.169. The Morgan fingerprint density at radius 3 is 2.15 bits per heavy atom. The summed E-state index contributed by atoms with van der Waals surface area (Å²) in [6, 6.07) is 22.9. The Labute approximate surface area is 156 Å². The predicted molar refractivity (Wildman–Crippen MR) is 101 cm³/mol. The van der Waals surface area contributed by atoms with Gasteiger partial charge in [-0.3, -0.25) is 9.59 Å². The van der Waals surface area contributed by atoms with E-state index < -0.39 is 5.97 Å². The second kappa shape index (κ2) is 8.67. The molecule has 0 aliphatic rings. The Morgan fingerprint density at radius 2 is 1.41 bits per heavy atom. The van der Waals surface area contributed by atoms with Gasteiger partial charge in [-0.1, -0.05) is 48.5 Å². The van der Waals surface area contributed by atoms with Crippen LogP contribution in [0.4, 0.5) is 0 Å². The van der Waals surface area contributed by atoms with E-state index in [0.717, 1.165) is 0 Å². The van der Waals surface area contributed by atoms with Gasteiger partial charge in [-0.2, -0.15) is 0 Å². The number of benzene rings is 3. The molecule has 0 aliphatic heterocycles. The van der Waals surface area contributed by atoms with Crippen LogP contribution in [0, 0.1) is 0 Å². The molecule has 0 radical (unpaired) electrons. The maximum absolute atomic E-state index is 12.6. The molecule has 0 aliphatic carbocycles. The van der Waals surface area contributed by atoms with Gasteiger partial charge < -0.3 is 14.6 Å². The number of Topliss-reactive ketones (excluding diaryl/α,β-unsaturated/α-hetero) is 1. The van der Waals surface area contributed by atoms with Crippen LogP contribution in [-0.4, -0.2) is 23.5 Å². The standard InChI is InChI=1S/C22H18O5/c23-19(15-26-20-12-6-4-8-16(20)14-22(24)25)18-11-5-7-13-21(18)27-17-9-2-1-3-10-17/h1-13H,14-15H2,(H,24,25). The average Bonchev–Trinajstić information content (AvgIpc) is 2.68. The quantitative estimate of drug-likeness (QED) is 0.603. The molecule has 0 spiro atoms.